The van der Waals surface area contributed by atoms with E-state index in [0.717, 1.165) is 27.6 Å². The van der Waals surface area contributed by atoms with Crippen molar-refractivity contribution in [3.8, 4) is 0 Å². The van der Waals surface area contributed by atoms with E-state index in [2.05, 4.69) is 5.32 Å². The van der Waals surface area contributed by atoms with Gasteiger partial charge in [0.15, 0.2) is 0 Å². The van der Waals surface area contributed by atoms with Gasteiger partial charge in [0.2, 0.25) is 11.8 Å². The number of hydrogen-bond acceptors (Lipinski definition) is 3. The molecule has 0 fully saturated rings. The normalized spacial score (nSPS) is 13.1. The van der Waals surface area contributed by atoms with Crippen LogP contribution < -0.4 is 10.2 Å². The van der Waals surface area contributed by atoms with Gasteiger partial charge in [-0.15, -0.1) is 0 Å². The Hall–Kier alpha value is -4.45. The molecule has 0 unspecified atom stereocenters. The number of carbonyl (C=O) groups excluding carboxylic acids is 3. The van der Waals surface area contributed by atoms with Crippen LogP contribution in [0.2, 0.25) is 0 Å². The largest absolute Gasteiger partial charge is 0.352 e. The maximum absolute atomic E-state index is 13.9. The second-order valence-electron chi connectivity index (χ2n) is 10.6. The molecule has 4 aromatic rings. The number of carbonyl (C=O) groups is 3. The minimum Gasteiger partial charge on any atom is -0.352 e. The Balaban J connectivity index is 1.36. The van der Waals surface area contributed by atoms with Crippen molar-refractivity contribution in [1.29, 1.82) is 0 Å². The zero-order valence-corrected chi connectivity index (χ0v) is 23.0. The molecule has 6 heteroatoms. The predicted octanol–water partition coefficient (Wildman–Crippen LogP) is 5.74. The first-order chi connectivity index (χ1) is 19.4. The third-order valence-electron chi connectivity index (χ3n) is 7.32. The summed E-state index contributed by atoms with van der Waals surface area (Å²) in [4.78, 5) is 44.1. The molecule has 0 bridgehead atoms. The Labute approximate surface area is 235 Å². The van der Waals surface area contributed by atoms with Crippen molar-refractivity contribution in [3.63, 3.8) is 0 Å². The van der Waals surface area contributed by atoms with E-state index in [9.17, 15) is 14.4 Å². The molecular formula is C34H35N3O3. The summed E-state index contributed by atoms with van der Waals surface area (Å²) >= 11 is 0. The van der Waals surface area contributed by atoms with Gasteiger partial charge < -0.3 is 15.1 Å². The minimum absolute atomic E-state index is 0.0290. The van der Waals surface area contributed by atoms with Crippen molar-refractivity contribution in [2.24, 2.45) is 0 Å². The van der Waals surface area contributed by atoms with Crippen LogP contribution in [0.5, 0.6) is 0 Å². The molecule has 0 aliphatic carbocycles. The van der Waals surface area contributed by atoms with Gasteiger partial charge in [-0.2, -0.15) is 0 Å². The molecule has 1 aliphatic heterocycles. The van der Waals surface area contributed by atoms with E-state index in [1.807, 2.05) is 111 Å². The lowest BCUT2D eigenvalue weighted by Gasteiger charge is -2.32. The number of anilines is 1. The number of benzene rings is 4. The third kappa shape index (κ3) is 5.91. The van der Waals surface area contributed by atoms with E-state index < -0.39 is 6.04 Å². The molecular weight excluding hydrogens is 498 g/mol. The van der Waals surface area contributed by atoms with E-state index in [0.29, 0.717) is 31.5 Å². The Kier molecular flexibility index (Phi) is 8.25. The Morgan fingerprint density at radius 1 is 0.825 bits per heavy atom. The van der Waals surface area contributed by atoms with Crippen molar-refractivity contribution in [2.75, 3.05) is 11.4 Å². The monoisotopic (exact) mass is 533 g/mol. The van der Waals surface area contributed by atoms with Gasteiger partial charge in [-0.25, -0.2) is 0 Å². The average Bonchev–Trinajstić information content (AvgIpc) is 3.23. The summed E-state index contributed by atoms with van der Waals surface area (Å²) in [6.45, 7) is 4.61. The lowest BCUT2D eigenvalue weighted by atomic mass is 10.0. The fourth-order valence-electron chi connectivity index (χ4n) is 5.45. The molecule has 40 heavy (non-hydrogen) atoms. The minimum atomic E-state index is -0.663. The molecule has 0 spiro atoms. The van der Waals surface area contributed by atoms with Crippen LogP contribution in [0.4, 0.5) is 5.69 Å². The van der Waals surface area contributed by atoms with E-state index in [1.54, 1.807) is 9.80 Å². The van der Waals surface area contributed by atoms with Crippen LogP contribution >= 0.6 is 0 Å². The van der Waals surface area contributed by atoms with Gasteiger partial charge >= 0.3 is 0 Å². The van der Waals surface area contributed by atoms with Gasteiger partial charge in [-0.3, -0.25) is 14.4 Å². The molecule has 0 saturated carbocycles. The lowest BCUT2D eigenvalue weighted by molar-refractivity contribution is -0.141. The highest BCUT2D eigenvalue weighted by atomic mass is 16.2. The summed E-state index contributed by atoms with van der Waals surface area (Å²) in [7, 11) is 0. The van der Waals surface area contributed by atoms with Gasteiger partial charge in [-0.05, 0) is 48.9 Å². The van der Waals surface area contributed by atoms with Crippen molar-refractivity contribution >= 4 is 34.2 Å². The SMILES string of the molecule is CC(C)NC(=O)[C@@H](Cc1ccccc1)N(Cc1ccccc1)C(=O)CCCN1C(=O)c2cccc3cccc1c23. The smallest absolute Gasteiger partial charge is 0.258 e. The van der Waals surface area contributed by atoms with Crippen molar-refractivity contribution in [3.05, 3.63) is 114 Å². The molecule has 204 valence electrons. The molecule has 1 heterocycles. The van der Waals surface area contributed by atoms with Crippen LogP contribution in [0.15, 0.2) is 97.1 Å². The number of nitrogens with zero attached hydrogens (tertiary/aromatic N) is 2. The lowest BCUT2D eigenvalue weighted by Crippen LogP contribution is -2.51. The highest BCUT2D eigenvalue weighted by Gasteiger charge is 2.32. The first-order valence-electron chi connectivity index (χ1n) is 13.9. The molecule has 3 amide bonds. The second kappa shape index (κ2) is 12.2. The van der Waals surface area contributed by atoms with Gasteiger partial charge in [0.05, 0.1) is 5.69 Å². The summed E-state index contributed by atoms with van der Waals surface area (Å²) < 4.78 is 0. The Morgan fingerprint density at radius 2 is 1.48 bits per heavy atom. The van der Waals surface area contributed by atoms with Crippen LogP contribution in [0.3, 0.4) is 0 Å². The summed E-state index contributed by atoms with van der Waals surface area (Å²) in [5, 5.41) is 5.04. The fraction of sp³-hybridized carbons (Fsp3) is 0.265. The van der Waals surface area contributed by atoms with E-state index in [1.165, 1.54) is 0 Å². The Morgan fingerprint density at radius 3 is 2.15 bits per heavy atom. The van der Waals surface area contributed by atoms with E-state index in [-0.39, 0.29) is 30.2 Å². The van der Waals surface area contributed by atoms with Crippen LogP contribution in [0, 0.1) is 0 Å². The molecule has 0 aromatic heterocycles. The predicted molar refractivity (Wildman–Crippen MR) is 159 cm³/mol. The zero-order valence-electron chi connectivity index (χ0n) is 23.0. The van der Waals surface area contributed by atoms with E-state index in [4.69, 9.17) is 0 Å². The number of nitrogens with one attached hydrogen (secondary N) is 1. The van der Waals surface area contributed by atoms with Crippen LogP contribution in [0.1, 0.15) is 48.2 Å². The molecule has 0 saturated heterocycles. The quantitative estimate of drug-likeness (QED) is 0.267. The van der Waals surface area contributed by atoms with Gasteiger partial charge in [-0.1, -0.05) is 84.9 Å². The first kappa shape index (κ1) is 27.1. The topological polar surface area (TPSA) is 69.7 Å². The fourth-order valence-corrected chi connectivity index (χ4v) is 5.45. The summed E-state index contributed by atoms with van der Waals surface area (Å²) in [6.07, 6.45) is 1.13. The highest BCUT2D eigenvalue weighted by Crippen LogP contribution is 2.37. The molecule has 5 rings (SSSR count). The molecule has 1 N–H and O–H groups in total. The standard InChI is InChI=1S/C34H35N3O3/c1-24(2)35-33(39)30(22-25-12-5-3-6-13-25)37(23-26-14-7-4-8-15-26)31(38)20-11-21-36-29-19-10-17-27-16-9-18-28(32(27)29)34(36)40/h3-10,12-19,24,30H,11,20-23H2,1-2H3,(H,35,39)/t30-/m1/s1. The Bertz CT molecular complexity index is 1500. The highest BCUT2D eigenvalue weighted by molar-refractivity contribution is 6.25. The van der Waals surface area contributed by atoms with Crippen molar-refractivity contribution < 1.29 is 14.4 Å². The number of rotatable bonds is 11. The van der Waals surface area contributed by atoms with Crippen molar-refractivity contribution in [1.82, 2.24) is 10.2 Å². The molecule has 6 nitrogen and oxygen atoms in total. The second-order valence-corrected chi connectivity index (χ2v) is 10.6. The van der Waals surface area contributed by atoms with Crippen LogP contribution in [0.25, 0.3) is 10.8 Å². The third-order valence-corrected chi connectivity index (χ3v) is 7.32. The first-order valence-corrected chi connectivity index (χ1v) is 13.9. The van der Waals surface area contributed by atoms with E-state index >= 15 is 0 Å². The molecule has 1 aliphatic rings. The molecule has 1 atom stereocenters. The molecule has 0 radical (unpaired) electrons. The maximum atomic E-state index is 13.9. The maximum Gasteiger partial charge on any atom is 0.258 e. The zero-order chi connectivity index (χ0) is 28.1. The number of hydrogen-bond donors (Lipinski definition) is 1. The van der Waals surface area contributed by atoms with Crippen LogP contribution in [-0.4, -0.2) is 41.2 Å². The summed E-state index contributed by atoms with van der Waals surface area (Å²) in [5.74, 6) is -0.301. The van der Waals surface area contributed by atoms with Crippen molar-refractivity contribution in [2.45, 2.75) is 51.7 Å². The molecule has 4 aromatic carbocycles. The summed E-state index contributed by atoms with van der Waals surface area (Å²) in [6, 6.07) is 30.6. The average molecular weight is 534 g/mol. The van der Waals surface area contributed by atoms with Gasteiger partial charge in [0.25, 0.3) is 5.91 Å². The van der Waals surface area contributed by atoms with Gasteiger partial charge in [0.1, 0.15) is 6.04 Å². The summed E-state index contributed by atoms with van der Waals surface area (Å²) in [5.41, 5.74) is 3.55. The van der Waals surface area contributed by atoms with Gasteiger partial charge in [0, 0.05) is 42.9 Å². The number of amides is 3. The van der Waals surface area contributed by atoms with Crippen LogP contribution in [-0.2, 0) is 22.6 Å².